The van der Waals surface area contributed by atoms with E-state index >= 15 is 0 Å². The maximum atomic E-state index is 6.16. The Labute approximate surface area is 136 Å². The summed E-state index contributed by atoms with van der Waals surface area (Å²) in [5, 5.41) is 3.34. The molecule has 0 atom stereocenters. The number of nitrogens with zero attached hydrogens (tertiary/aromatic N) is 2. The Hall–Kier alpha value is -0.680. The molecule has 0 saturated heterocycles. The molecule has 1 aromatic rings. The molecule has 1 aliphatic rings. The average Bonchev–Trinajstić information content (AvgIpc) is 2.50. The molecular weight excluding hydrogens is 330 g/mol. The van der Waals surface area contributed by atoms with Gasteiger partial charge in [-0.1, -0.05) is 26.2 Å². The number of anilines is 1. The van der Waals surface area contributed by atoms with Crippen molar-refractivity contribution in [1.82, 2.24) is 9.97 Å². The van der Waals surface area contributed by atoms with Gasteiger partial charge in [0.1, 0.15) is 11.4 Å². The highest BCUT2D eigenvalue weighted by Gasteiger charge is 2.38. The molecule has 0 unspecified atom stereocenters. The van der Waals surface area contributed by atoms with Gasteiger partial charge in [-0.2, -0.15) is 0 Å². The van der Waals surface area contributed by atoms with Crippen LogP contribution < -0.4 is 5.32 Å². The molecule has 1 aromatic heterocycles. The van der Waals surface area contributed by atoms with Gasteiger partial charge in [0.25, 0.3) is 0 Å². The van der Waals surface area contributed by atoms with E-state index in [0.717, 1.165) is 47.6 Å². The SMILES string of the molecule is CCNc1nc(C2(OCC)CCCCC2)nc(CC)c1Br. The Kier molecular flexibility index (Phi) is 5.99. The van der Waals surface area contributed by atoms with E-state index in [1.807, 2.05) is 0 Å². The number of aromatic nitrogens is 2. The fourth-order valence-electron chi connectivity index (χ4n) is 3.05. The van der Waals surface area contributed by atoms with Crippen molar-refractivity contribution >= 4 is 21.7 Å². The van der Waals surface area contributed by atoms with E-state index in [0.29, 0.717) is 6.61 Å². The van der Waals surface area contributed by atoms with Crippen molar-refractivity contribution in [1.29, 1.82) is 0 Å². The quantitative estimate of drug-likeness (QED) is 0.819. The molecule has 2 rings (SSSR count). The van der Waals surface area contributed by atoms with Gasteiger partial charge >= 0.3 is 0 Å². The molecule has 0 bridgehead atoms. The van der Waals surface area contributed by atoms with Crippen molar-refractivity contribution in [3.05, 3.63) is 16.0 Å². The zero-order valence-corrected chi connectivity index (χ0v) is 14.9. The summed E-state index contributed by atoms with van der Waals surface area (Å²) in [5.41, 5.74) is 0.766. The number of hydrogen-bond donors (Lipinski definition) is 1. The van der Waals surface area contributed by atoms with Crippen molar-refractivity contribution in [3.63, 3.8) is 0 Å². The van der Waals surface area contributed by atoms with Crippen LogP contribution >= 0.6 is 15.9 Å². The van der Waals surface area contributed by atoms with Crippen molar-refractivity contribution in [2.45, 2.75) is 64.9 Å². The molecule has 0 amide bonds. The highest BCUT2D eigenvalue weighted by Crippen LogP contribution is 2.40. The van der Waals surface area contributed by atoms with Crippen molar-refractivity contribution in [3.8, 4) is 0 Å². The summed E-state index contributed by atoms with van der Waals surface area (Å²) < 4.78 is 7.15. The second-order valence-corrected chi connectivity index (χ2v) is 6.32. The highest BCUT2D eigenvalue weighted by molar-refractivity contribution is 9.10. The van der Waals surface area contributed by atoms with Gasteiger partial charge in [0.2, 0.25) is 0 Å². The largest absolute Gasteiger partial charge is 0.369 e. The van der Waals surface area contributed by atoms with Crippen LogP contribution in [0.5, 0.6) is 0 Å². The van der Waals surface area contributed by atoms with Crippen LogP contribution in [0.15, 0.2) is 4.47 Å². The lowest BCUT2D eigenvalue weighted by Crippen LogP contribution is -2.35. The van der Waals surface area contributed by atoms with E-state index in [9.17, 15) is 0 Å². The molecule has 1 aliphatic carbocycles. The van der Waals surface area contributed by atoms with Crippen LogP contribution in [-0.4, -0.2) is 23.1 Å². The molecular formula is C16H26BrN3O. The monoisotopic (exact) mass is 355 g/mol. The average molecular weight is 356 g/mol. The lowest BCUT2D eigenvalue weighted by atomic mass is 9.83. The molecule has 0 radical (unpaired) electrons. The lowest BCUT2D eigenvalue weighted by molar-refractivity contribution is -0.0767. The third kappa shape index (κ3) is 3.57. The molecule has 5 heteroatoms. The molecule has 1 saturated carbocycles. The first-order valence-corrected chi connectivity index (χ1v) is 8.90. The molecule has 1 N–H and O–H groups in total. The normalized spacial score (nSPS) is 17.7. The first-order valence-electron chi connectivity index (χ1n) is 8.11. The number of ether oxygens (including phenoxy) is 1. The fourth-order valence-corrected chi connectivity index (χ4v) is 3.65. The van der Waals surface area contributed by atoms with Crippen molar-refractivity contribution in [2.75, 3.05) is 18.5 Å². The summed E-state index contributed by atoms with van der Waals surface area (Å²) in [6.07, 6.45) is 6.60. The van der Waals surface area contributed by atoms with E-state index in [1.165, 1.54) is 19.3 Å². The van der Waals surface area contributed by atoms with Gasteiger partial charge in [0.05, 0.1) is 10.2 Å². The summed E-state index contributed by atoms with van der Waals surface area (Å²) in [6, 6.07) is 0. The first-order chi connectivity index (χ1) is 10.2. The maximum Gasteiger partial charge on any atom is 0.162 e. The molecule has 21 heavy (non-hydrogen) atoms. The fraction of sp³-hybridized carbons (Fsp3) is 0.750. The van der Waals surface area contributed by atoms with E-state index < -0.39 is 0 Å². The predicted octanol–water partition coefficient (Wildman–Crippen LogP) is 4.43. The summed E-state index contributed by atoms with van der Waals surface area (Å²) in [6.45, 7) is 7.82. The van der Waals surface area contributed by atoms with Crippen molar-refractivity contribution < 1.29 is 4.74 Å². The van der Waals surface area contributed by atoms with E-state index in [1.54, 1.807) is 0 Å². The second-order valence-electron chi connectivity index (χ2n) is 5.53. The number of aryl methyl sites for hydroxylation is 1. The van der Waals surface area contributed by atoms with E-state index in [4.69, 9.17) is 14.7 Å². The van der Waals surface area contributed by atoms with Gasteiger partial charge in [-0.3, -0.25) is 0 Å². The van der Waals surface area contributed by atoms with Gasteiger partial charge < -0.3 is 10.1 Å². The van der Waals surface area contributed by atoms with Crippen LogP contribution in [0.25, 0.3) is 0 Å². The Morgan fingerprint density at radius 3 is 2.43 bits per heavy atom. The third-order valence-corrected chi connectivity index (χ3v) is 4.92. The third-order valence-electron chi connectivity index (χ3n) is 4.09. The topological polar surface area (TPSA) is 47.0 Å². The summed E-state index contributed by atoms with van der Waals surface area (Å²) in [5.74, 6) is 1.75. The van der Waals surface area contributed by atoms with Gasteiger partial charge in [-0.05, 0) is 49.0 Å². The van der Waals surface area contributed by atoms with Crippen LogP contribution in [0.2, 0.25) is 0 Å². The Morgan fingerprint density at radius 2 is 1.86 bits per heavy atom. The standard InChI is InChI=1S/C16H26BrN3O/c1-4-12-13(17)14(18-5-2)20-15(19-12)16(21-6-3)10-8-7-9-11-16/h4-11H2,1-3H3,(H,18,19,20). The zero-order chi connectivity index (χ0) is 15.3. The van der Waals surface area contributed by atoms with Crippen LogP contribution in [-0.2, 0) is 16.8 Å². The molecule has 0 spiro atoms. The first kappa shape index (κ1) is 16.7. The Bertz CT molecular complexity index is 467. The van der Waals surface area contributed by atoms with Gasteiger partial charge in [-0.15, -0.1) is 0 Å². The molecule has 118 valence electrons. The number of rotatable bonds is 6. The van der Waals surface area contributed by atoms with Crippen LogP contribution in [0.4, 0.5) is 5.82 Å². The van der Waals surface area contributed by atoms with Gasteiger partial charge in [-0.25, -0.2) is 9.97 Å². The summed E-state index contributed by atoms with van der Waals surface area (Å²) in [7, 11) is 0. The van der Waals surface area contributed by atoms with Gasteiger partial charge in [0.15, 0.2) is 5.82 Å². The minimum absolute atomic E-state index is 0.290. The lowest BCUT2D eigenvalue weighted by Gasteiger charge is -2.36. The van der Waals surface area contributed by atoms with Gasteiger partial charge in [0, 0.05) is 13.2 Å². The summed E-state index contributed by atoms with van der Waals surface area (Å²) in [4.78, 5) is 9.62. The summed E-state index contributed by atoms with van der Waals surface area (Å²) >= 11 is 3.63. The van der Waals surface area contributed by atoms with Crippen LogP contribution in [0.1, 0.15) is 64.4 Å². The maximum absolute atomic E-state index is 6.16. The Balaban J connectivity index is 2.46. The molecule has 0 aromatic carbocycles. The second kappa shape index (κ2) is 7.54. The van der Waals surface area contributed by atoms with E-state index in [-0.39, 0.29) is 5.60 Å². The number of halogens is 1. The molecule has 1 heterocycles. The molecule has 4 nitrogen and oxygen atoms in total. The van der Waals surface area contributed by atoms with Crippen LogP contribution in [0, 0.1) is 0 Å². The minimum Gasteiger partial charge on any atom is -0.369 e. The zero-order valence-electron chi connectivity index (χ0n) is 13.3. The van der Waals surface area contributed by atoms with E-state index in [2.05, 4.69) is 42.0 Å². The van der Waals surface area contributed by atoms with Crippen LogP contribution in [0.3, 0.4) is 0 Å². The highest BCUT2D eigenvalue weighted by atomic mass is 79.9. The predicted molar refractivity (Wildman–Crippen MR) is 89.7 cm³/mol. The van der Waals surface area contributed by atoms with Crippen molar-refractivity contribution in [2.24, 2.45) is 0 Å². The smallest absolute Gasteiger partial charge is 0.162 e. The number of nitrogens with one attached hydrogen (secondary N) is 1. The molecule has 1 fully saturated rings. The number of hydrogen-bond acceptors (Lipinski definition) is 4. The molecule has 0 aliphatic heterocycles. The Morgan fingerprint density at radius 1 is 1.14 bits per heavy atom. The minimum atomic E-state index is -0.290.